The lowest BCUT2D eigenvalue weighted by atomic mass is 9.98. The van der Waals surface area contributed by atoms with Gasteiger partial charge in [-0.3, -0.25) is 19.7 Å². The van der Waals surface area contributed by atoms with Crippen LogP contribution >= 0.6 is 0 Å². The van der Waals surface area contributed by atoms with E-state index in [1.165, 1.54) is 0 Å². The summed E-state index contributed by atoms with van der Waals surface area (Å²) < 4.78 is 0. The Bertz CT molecular complexity index is 1260. The van der Waals surface area contributed by atoms with Crippen LogP contribution in [0.15, 0.2) is 71.9 Å². The Morgan fingerprint density at radius 2 is 1.86 bits per heavy atom. The van der Waals surface area contributed by atoms with Crippen molar-refractivity contribution in [2.24, 2.45) is 0 Å². The van der Waals surface area contributed by atoms with E-state index in [1.807, 2.05) is 48.5 Å². The van der Waals surface area contributed by atoms with Gasteiger partial charge in [0.05, 0.1) is 33.9 Å². The summed E-state index contributed by atoms with van der Waals surface area (Å²) in [5.41, 5.74) is 1.68. The molecule has 1 atom stereocenters. The first-order valence-electron chi connectivity index (χ1n) is 8.69. The number of nitro groups is 1. The Hall–Kier alpha value is -4.27. The van der Waals surface area contributed by atoms with Crippen LogP contribution in [0.3, 0.4) is 0 Å². The number of nitrogens with zero attached hydrogens (tertiary/aromatic N) is 2. The summed E-state index contributed by atoms with van der Waals surface area (Å²) in [5.74, 6) is -0.553. The van der Waals surface area contributed by atoms with Crippen LogP contribution < -0.4 is 10.9 Å². The largest absolute Gasteiger partial charge is 0.345 e. The standard InChI is InChI=1S/C20H15N5O4/c26-19(14-9-17(25(28)29)20(27)21-10-14)24-18(12-4-2-1-3-5-12)13-6-7-15-16(8-13)23-11-22-15/h1-11,18H,(H,21,27)(H,22,23)(H,24,26). The van der Waals surface area contributed by atoms with E-state index in [4.69, 9.17) is 0 Å². The van der Waals surface area contributed by atoms with Crippen LogP contribution in [0.25, 0.3) is 11.0 Å². The number of aromatic nitrogens is 3. The van der Waals surface area contributed by atoms with Gasteiger partial charge in [-0.05, 0) is 23.3 Å². The fraction of sp³-hybridized carbons (Fsp3) is 0.0500. The van der Waals surface area contributed by atoms with Gasteiger partial charge in [0.25, 0.3) is 5.91 Å². The topological polar surface area (TPSA) is 134 Å². The van der Waals surface area contributed by atoms with Gasteiger partial charge in [-0.1, -0.05) is 36.4 Å². The number of aromatic amines is 2. The van der Waals surface area contributed by atoms with Crippen molar-refractivity contribution >= 4 is 22.6 Å². The van der Waals surface area contributed by atoms with Crippen LogP contribution in [-0.4, -0.2) is 25.8 Å². The first kappa shape index (κ1) is 18.1. The highest BCUT2D eigenvalue weighted by Gasteiger charge is 2.21. The highest BCUT2D eigenvalue weighted by Crippen LogP contribution is 2.25. The minimum absolute atomic E-state index is 0.0140. The molecule has 2 heterocycles. The molecule has 0 fully saturated rings. The molecule has 0 saturated heterocycles. The smallest absolute Gasteiger partial charge is 0.334 e. The normalized spacial score (nSPS) is 11.9. The second kappa shape index (κ2) is 7.39. The average Bonchev–Trinajstić information content (AvgIpc) is 3.20. The molecule has 0 saturated carbocycles. The van der Waals surface area contributed by atoms with Gasteiger partial charge in [-0.2, -0.15) is 0 Å². The van der Waals surface area contributed by atoms with E-state index in [9.17, 15) is 19.7 Å². The number of imidazole rings is 1. The quantitative estimate of drug-likeness (QED) is 0.356. The minimum atomic E-state index is -0.865. The molecule has 0 aliphatic heterocycles. The molecule has 2 aromatic heterocycles. The molecule has 9 nitrogen and oxygen atoms in total. The third-order valence-electron chi connectivity index (χ3n) is 4.53. The van der Waals surface area contributed by atoms with Gasteiger partial charge in [0.2, 0.25) is 0 Å². The first-order valence-corrected chi connectivity index (χ1v) is 8.69. The zero-order chi connectivity index (χ0) is 20.4. The molecule has 0 spiro atoms. The summed E-state index contributed by atoms with van der Waals surface area (Å²) >= 11 is 0. The number of hydrogen-bond acceptors (Lipinski definition) is 5. The van der Waals surface area contributed by atoms with Crippen molar-refractivity contribution in [2.45, 2.75) is 6.04 Å². The number of rotatable bonds is 5. The molecular weight excluding hydrogens is 374 g/mol. The van der Waals surface area contributed by atoms with Gasteiger partial charge in [-0.25, -0.2) is 4.98 Å². The number of fused-ring (bicyclic) bond motifs is 1. The summed E-state index contributed by atoms with van der Waals surface area (Å²) in [5, 5.41) is 13.9. The van der Waals surface area contributed by atoms with Crippen molar-refractivity contribution in [1.82, 2.24) is 20.3 Å². The third kappa shape index (κ3) is 3.61. The number of carbonyl (C=O) groups excluding carboxylic acids is 1. The molecule has 0 aliphatic rings. The van der Waals surface area contributed by atoms with E-state index in [0.29, 0.717) is 0 Å². The zero-order valence-electron chi connectivity index (χ0n) is 15.0. The van der Waals surface area contributed by atoms with Crippen molar-refractivity contribution < 1.29 is 9.72 Å². The second-order valence-corrected chi connectivity index (χ2v) is 6.36. The monoisotopic (exact) mass is 389 g/mol. The summed E-state index contributed by atoms with van der Waals surface area (Å²) in [6.07, 6.45) is 2.74. The number of benzene rings is 2. The molecule has 9 heteroatoms. The van der Waals surface area contributed by atoms with Gasteiger partial charge in [0.15, 0.2) is 0 Å². The van der Waals surface area contributed by atoms with Crippen LogP contribution in [0.1, 0.15) is 27.5 Å². The number of hydrogen-bond donors (Lipinski definition) is 3. The Balaban J connectivity index is 1.72. The second-order valence-electron chi connectivity index (χ2n) is 6.36. The maximum atomic E-state index is 12.8. The fourth-order valence-electron chi connectivity index (χ4n) is 3.09. The highest BCUT2D eigenvalue weighted by molar-refractivity contribution is 5.95. The first-order chi connectivity index (χ1) is 14.0. The molecule has 29 heavy (non-hydrogen) atoms. The van der Waals surface area contributed by atoms with E-state index in [-0.39, 0.29) is 5.56 Å². The van der Waals surface area contributed by atoms with E-state index in [1.54, 1.807) is 6.33 Å². The summed E-state index contributed by atoms with van der Waals surface area (Å²) in [4.78, 5) is 44.0. The lowest BCUT2D eigenvalue weighted by molar-refractivity contribution is -0.386. The van der Waals surface area contributed by atoms with Crippen LogP contribution in [-0.2, 0) is 0 Å². The van der Waals surface area contributed by atoms with Crippen molar-refractivity contribution in [3.05, 3.63) is 104 Å². The predicted molar refractivity (Wildman–Crippen MR) is 106 cm³/mol. The predicted octanol–water partition coefficient (Wildman–Crippen LogP) is 2.68. The molecule has 3 N–H and O–H groups in total. The number of amides is 1. The van der Waals surface area contributed by atoms with Gasteiger partial charge in [-0.15, -0.1) is 0 Å². The van der Waals surface area contributed by atoms with Crippen molar-refractivity contribution in [3.8, 4) is 0 Å². The Morgan fingerprint density at radius 1 is 1.07 bits per heavy atom. The zero-order valence-corrected chi connectivity index (χ0v) is 15.0. The van der Waals surface area contributed by atoms with Crippen LogP contribution in [0.4, 0.5) is 5.69 Å². The third-order valence-corrected chi connectivity index (χ3v) is 4.53. The lowest BCUT2D eigenvalue weighted by Gasteiger charge is -2.20. The fourth-order valence-corrected chi connectivity index (χ4v) is 3.09. The summed E-state index contributed by atoms with van der Waals surface area (Å²) in [7, 11) is 0. The lowest BCUT2D eigenvalue weighted by Crippen LogP contribution is -2.30. The van der Waals surface area contributed by atoms with E-state index >= 15 is 0 Å². The molecule has 2 aromatic carbocycles. The SMILES string of the molecule is O=C(NC(c1ccccc1)c1ccc2nc[nH]c2c1)c1c[nH]c(=O)c([N+](=O)[O-])c1. The van der Waals surface area contributed by atoms with Crippen LogP contribution in [0, 0.1) is 10.1 Å². The molecule has 4 rings (SSSR count). The van der Waals surface area contributed by atoms with Crippen LogP contribution in [0.5, 0.6) is 0 Å². The Kier molecular flexibility index (Phi) is 4.62. The molecule has 0 bridgehead atoms. The number of pyridine rings is 1. The van der Waals surface area contributed by atoms with Crippen LogP contribution in [0.2, 0.25) is 0 Å². The van der Waals surface area contributed by atoms with Crippen molar-refractivity contribution in [1.29, 1.82) is 0 Å². The maximum Gasteiger partial charge on any atom is 0.334 e. The molecule has 4 aromatic rings. The average molecular weight is 389 g/mol. The Morgan fingerprint density at radius 3 is 2.62 bits per heavy atom. The Labute approximate surface area is 163 Å². The number of nitrogens with one attached hydrogen (secondary N) is 3. The summed E-state index contributed by atoms with van der Waals surface area (Å²) in [6, 6.07) is 15.4. The molecule has 1 unspecified atom stereocenters. The maximum absolute atomic E-state index is 12.8. The molecule has 1 amide bonds. The molecule has 144 valence electrons. The van der Waals surface area contributed by atoms with Gasteiger partial charge in [0, 0.05) is 12.3 Å². The highest BCUT2D eigenvalue weighted by atomic mass is 16.6. The van der Waals surface area contributed by atoms with Crippen molar-refractivity contribution in [2.75, 3.05) is 0 Å². The van der Waals surface area contributed by atoms with Crippen molar-refractivity contribution in [3.63, 3.8) is 0 Å². The van der Waals surface area contributed by atoms with Gasteiger partial charge >= 0.3 is 11.2 Å². The number of carbonyl (C=O) groups is 1. The van der Waals surface area contributed by atoms with Gasteiger partial charge < -0.3 is 15.3 Å². The molecular formula is C20H15N5O4. The number of H-pyrrole nitrogens is 2. The van der Waals surface area contributed by atoms with Gasteiger partial charge in [0.1, 0.15) is 0 Å². The van der Waals surface area contributed by atoms with E-state index < -0.39 is 28.1 Å². The molecule has 0 aliphatic carbocycles. The van der Waals surface area contributed by atoms with E-state index in [0.717, 1.165) is 34.4 Å². The molecule has 0 radical (unpaired) electrons. The minimum Gasteiger partial charge on any atom is -0.345 e. The summed E-state index contributed by atoms with van der Waals surface area (Å²) in [6.45, 7) is 0. The van der Waals surface area contributed by atoms with E-state index in [2.05, 4.69) is 20.3 Å².